The monoisotopic (exact) mass is 385 g/mol. The van der Waals surface area contributed by atoms with Crippen molar-refractivity contribution in [1.82, 2.24) is 14.5 Å². The second-order valence-corrected chi connectivity index (χ2v) is 7.65. The number of carboxylic acid groups (broad SMARTS) is 1. The summed E-state index contributed by atoms with van der Waals surface area (Å²) in [5.74, 6) is -1.12. The molecule has 2 heterocycles. The third kappa shape index (κ3) is 2.83. The summed E-state index contributed by atoms with van der Waals surface area (Å²) >= 11 is 0. The molecule has 1 amide bonds. The lowest BCUT2D eigenvalue weighted by Crippen LogP contribution is -2.46. The SMILES string of the molecule is CCn1c(=O)[nH]c2cc(C(=O)N3[C@H](C(=O)O)C[C@@H]4CCCC[C@@H]43)ccc2c1=O. The summed E-state index contributed by atoms with van der Waals surface area (Å²) < 4.78 is 1.09. The molecule has 1 saturated carbocycles. The van der Waals surface area contributed by atoms with Crippen LogP contribution >= 0.6 is 0 Å². The van der Waals surface area contributed by atoms with E-state index in [0.29, 0.717) is 11.8 Å². The van der Waals surface area contributed by atoms with E-state index >= 15 is 0 Å². The van der Waals surface area contributed by atoms with Crippen LogP contribution in [0, 0.1) is 5.92 Å². The lowest BCUT2D eigenvalue weighted by molar-refractivity contribution is -0.141. The molecule has 1 saturated heterocycles. The fraction of sp³-hybridized carbons (Fsp3) is 0.500. The Morgan fingerprint density at radius 1 is 1.21 bits per heavy atom. The molecular weight excluding hydrogens is 362 g/mol. The number of rotatable bonds is 3. The number of hydrogen-bond acceptors (Lipinski definition) is 4. The molecule has 1 aromatic carbocycles. The topological polar surface area (TPSA) is 112 Å². The second-order valence-electron chi connectivity index (χ2n) is 7.65. The fourth-order valence-electron chi connectivity index (χ4n) is 4.80. The van der Waals surface area contributed by atoms with Crippen molar-refractivity contribution in [3.63, 3.8) is 0 Å². The first kappa shape index (κ1) is 18.5. The van der Waals surface area contributed by atoms with Crippen LogP contribution in [0.2, 0.25) is 0 Å². The Bertz CT molecular complexity index is 1070. The summed E-state index contributed by atoms with van der Waals surface area (Å²) in [5, 5.41) is 9.97. The van der Waals surface area contributed by atoms with Crippen LogP contribution in [-0.4, -0.2) is 43.5 Å². The van der Waals surface area contributed by atoms with Crippen LogP contribution in [0.3, 0.4) is 0 Å². The van der Waals surface area contributed by atoms with Crippen LogP contribution in [0.1, 0.15) is 49.4 Å². The number of fused-ring (bicyclic) bond motifs is 2. The number of aromatic amines is 1. The van der Waals surface area contributed by atoms with Crippen molar-refractivity contribution in [1.29, 1.82) is 0 Å². The summed E-state index contributed by atoms with van der Waals surface area (Å²) in [6, 6.07) is 3.65. The number of carboxylic acids is 1. The Kier molecular flexibility index (Phi) is 4.56. The van der Waals surface area contributed by atoms with Gasteiger partial charge in [0.15, 0.2) is 0 Å². The fourth-order valence-corrected chi connectivity index (χ4v) is 4.80. The molecule has 2 fully saturated rings. The van der Waals surface area contributed by atoms with E-state index in [-0.39, 0.29) is 35.5 Å². The summed E-state index contributed by atoms with van der Waals surface area (Å²) in [5.41, 5.74) is -0.357. The molecule has 0 unspecified atom stereocenters. The average Bonchev–Trinajstić information content (AvgIpc) is 3.07. The number of likely N-dealkylation sites (tertiary alicyclic amines) is 1. The Labute approximate surface area is 160 Å². The summed E-state index contributed by atoms with van der Waals surface area (Å²) in [6.07, 6.45) is 4.29. The van der Waals surface area contributed by atoms with Gasteiger partial charge in [0.25, 0.3) is 11.5 Å². The number of H-pyrrole nitrogens is 1. The van der Waals surface area contributed by atoms with Gasteiger partial charge in [-0.3, -0.25) is 14.2 Å². The van der Waals surface area contributed by atoms with Crippen LogP contribution in [0.4, 0.5) is 0 Å². The highest BCUT2D eigenvalue weighted by Gasteiger charge is 2.47. The molecule has 28 heavy (non-hydrogen) atoms. The van der Waals surface area contributed by atoms with E-state index in [1.807, 2.05) is 0 Å². The number of aromatic nitrogens is 2. The van der Waals surface area contributed by atoms with Crippen molar-refractivity contribution in [3.8, 4) is 0 Å². The summed E-state index contributed by atoms with van der Waals surface area (Å²) in [4.78, 5) is 53.7. The predicted molar refractivity (Wildman–Crippen MR) is 102 cm³/mol. The standard InChI is InChI=1S/C20H23N3O5/c1-2-22-18(25)13-8-7-12(9-14(13)21-20(22)28)17(24)23-15-6-4-3-5-11(15)10-16(23)19(26)27/h7-9,11,15-16H,2-6,10H2,1H3,(H,21,28)(H,26,27)/t11-,15-,16-/m0/s1. The van der Waals surface area contributed by atoms with Gasteiger partial charge in [0.05, 0.1) is 10.9 Å². The Balaban J connectivity index is 1.76. The lowest BCUT2D eigenvalue weighted by atomic mass is 9.84. The Morgan fingerprint density at radius 3 is 2.68 bits per heavy atom. The van der Waals surface area contributed by atoms with E-state index in [2.05, 4.69) is 4.98 Å². The first-order valence-corrected chi connectivity index (χ1v) is 9.74. The van der Waals surface area contributed by atoms with Gasteiger partial charge in [-0.2, -0.15) is 0 Å². The Morgan fingerprint density at radius 2 is 1.96 bits per heavy atom. The third-order valence-electron chi connectivity index (χ3n) is 6.15. The van der Waals surface area contributed by atoms with Gasteiger partial charge in [0.1, 0.15) is 6.04 Å². The first-order chi connectivity index (χ1) is 13.4. The molecule has 2 aromatic rings. The van der Waals surface area contributed by atoms with E-state index < -0.39 is 23.3 Å². The smallest absolute Gasteiger partial charge is 0.328 e. The molecule has 2 aliphatic rings. The van der Waals surface area contributed by atoms with Crippen molar-refractivity contribution in [2.24, 2.45) is 5.92 Å². The maximum atomic E-state index is 13.2. The molecule has 148 valence electrons. The normalized spacial score (nSPS) is 24.3. The van der Waals surface area contributed by atoms with Gasteiger partial charge < -0.3 is 15.0 Å². The van der Waals surface area contributed by atoms with Crippen molar-refractivity contribution >= 4 is 22.8 Å². The summed E-state index contributed by atoms with van der Waals surface area (Å²) in [7, 11) is 0. The van der Waals surface area contributed by atoms with Gasteiger partial charge >= 0.3 is 11.7 Å². The number of hydrogen-bond donors (Lipinski definition) is 2. The molecule has 0 bridgehead atoms. The minimum absolute atomic E-state index is 0.0646. The van der Waals surface area contributed by atoms with Crippen molar-refractivity contribution in [2.45, 2.75) is 57.7 Å². The highest BCUT2D eigenvalue weighted by molar-refractivity contribution is 6.00. The predicted octanol–water partition coefficient (Wildman–Crippen LogP) is 1.57. The van der Waals surface area contributed by atoms with E-state index in [9.17, 15) is 24.3 Å². The van der Waals surface area contributed by atoms with Crippen LogP contribution in [-0.2, 0) is 11.3 Å². The molecule has 3 atom stereocenters. The number of aliphatic carboxylic acids is 1. The van der Waals surface area contributed by atoms with Gasteiger partial charge in [-0.15, -0.1) is 0 Å². The number of nitrogens with zero attached hydrogens (tertiary/aromatic N) is 2. The minimum Gasteiger partial charge on any atom is -0.480 e. The maximum Gasteiger partial charge on any atom is 0.328 e. The van der Waals surface area contributed by atoms with Crippen LogP contribution in [0.25, 0.3) is 10.9 Å². The third-order valence-corrected chi connectivity index (χ3v) is 6.15. The summed E-state index contributed by atoms with van der Waals surface area (Å²) in [6.45, 7) is 1.96. The molecule has 2 N–H and O–H groups in total. The highest BCUT2D eigenvalue weighted by Crippen LogP contribution is 2.40. The molecule has 1 aliphatic carbocycles. The quantitative estimate of drug-likeness (QED) is 0.833. The molecule has 1 aliphatic heterocycles. The average molecular weight is 385 g/mol. The van der Waals surface area contributed by atoms with E-state index in [1.165, 1.54) is 17.0 Å². The van der Waals surface area contributed by atoms with Gasteiger partial charge in [-0.25, -0.2) is 9.59 Å². The molecule has 1 aromatic heterocycles. The minimum atomic E-state index is -0.984. The molecule has 0 spiro atoms. The maximum absolute atomic E-state index is 13.2. The molecule has 4 rings (SSSR count). The van der Waals surface area contributed by atoms with Gasteiger partial charge in [0.2, 0.25) is 0 Å². The molecule has 8 heteroatoms. The molecule has 8 nitrogen and oxygen atoms in total. The van der Waals surface area contributed by atoms with Crippen molar-refractivity contribution in [3.05, 3.63) is 44.6 Å². The second kappa shape index (κ2) is 6.92. The van der Waals surface area contributed by atoms with Gasteiger partial charge in [-0.1, -0.05) is 12.8 Å². The van der Waals surface area contributed by atoms with Crippen LogP contribution < -0.4 is 11.2 Å². The number of amides is 1. The number of nitrogens with one attached hydrogen (secondary N) is 1. The highest BCUT2D eigenvalue weighted by atomic mass is 16.4. The largest absolute Gasteiger partial charge is 0.480 e. The van der Waals surface area contributed by atoms with Gasteiger partial charge in [-0.05, 0) is 50.3 Å². The first-order valence-electron chi connectivity index (χ1n) is 9.74. The van der Waals surface area contributed by atoms with Crippen LogP contribution in [0.5, 0.6) is 0 Å². The number of benzene rings is 1. The van der Waals surface area contributed by atoms with Crippen molar-refractivity contribution in [2.75, 3.05) is 0 Å². The number of carbonyl (C=O) groups is 2. The van der Waals surface area contributed by atoms with Crippen LogP contribution in [0.15, 0.2) is 27.8 Å². The molecular formula is C20H23N3O5. The lowest BCUT2D eigenvalue weighted by Gasteiger charge is -2.33. The van der Waals surface area contributed by atoms with E-state index in [0.717, 1.165) is 30.3 Å². The zero-order valence-corrected chi connectivity index (χ0v) is 15.7. The Hall–Kier alpha value is -2.90. The number of carbonyl (C=O) groups excluding carboxylic acids is 1. The zero-order chi connectivity index (χ0) is 20.0. The zero-order valence-electron chi connectivity index (χ0n) is 15.7. The van der Waals surface area contributed by atoms with Crippen molar-refractivity contribution < 1.29 is 14.7 Å². The van der Waals surface area contributed by atoms with E-state index in [4.69, 9.17) is 0 Å². The molecule has 0 radical (unpaired) electrons. The van der Waals surface area contributed by atoms with E-state index in [1.54, 1.807) is 13.0 Å². The van der Waals surface area contributed by atoms with Gasteiger partial charge in [0, 0.05) is 18.2 Å².